The Kier molecular flexibility index (Phi) is 5.02. The maximum absolute atomic E-state index is 4.69. The Morgan fingerprint density at radius 2 is 2.04 bits per heavy atom. The lowest BCUT2D eigenvalue weighted by Crippen LogP contribution is -2.06. The molecule has 0 N–H and O–H groups in total. The van der Waals surface area contributed by atoms with Crippen LogP contribution in [0.1, 0.15) is 42.2 Å². The summed E-state index contributed by atoms with van der Waals surface area (Å²) >= 11 is 0. The van der Waals surface area contributed by atoms with Gasteiger partial charge >= 0.3 is 0 Å². The third kappa shape index (κ3) is 3.18. The molecule has 0 aliphatic rings. The summed E-state index contributed by atoms with van der Waals surface area (Å²) in [6.45, 7) is 12.9. The van der Waals surface area contributed by atoms with Crippen LogP contribution in [0.15, 0.2) is 42.3 Å². The molecular weight excluding hydrogens is 324 g/mol. The molecule has 0 saturated heterocycles. The van der Waals surface area contributed by atoms with E-state index >= 15 is 0 Å². The van der Waals surface area contributed by atoms with E-state index in [1.165, 1.54) is 0 Å². The molecule has 3 rings (SSSR count). The lowest BCUT2D eigenvalue weighted by atomic mass is 9.97. The van der Waals surface area contributed by atoms with Crippen molar-refractivity contribution in [2.45, 2.75) is 27.7 Å². The summed E-state index contributed by atoms with van der Waals surface area (Å²) in [5, 5.41) is 4.69. The van der Waals surface area contributed by atoms with Gasteiger partial charge in [-0.1, -0.05) is 12.7 Å². The first kappa shape index (κ1) is 17.7. The number of nitrogens with zero attached hydrogens (tertiary/aromatic N) is 6. The van der Waals surface area contributed by atoms with E-state index in [0.29, 0.717) is 0 Å². The number of allylic oxidation sites excluding steroid dienone is 2. The lowest BCUT2D eigenvalue weighted by molar-refractivity contribution is 0.887. The van der Waals surface area contributed by atoms with Crippen molar-refractivity contribution in [2.24, 2.45) is 4.99 Å². The first-order chi connectivity index (χ1) is 12.6. The predicted molar refractivity (Wildman–Crippen MR) is 105 cm³/mol. The minimum atomic E-state index is 0.718. The van der Waals surface area contributed by atoms with Crippen LogP contribution in [0, 0.1) is 13.8 Å². The van der Waals surface area contributed by atoms with Crippen LogP contribution >= 0.6 is 0 Å². The molecule has 0 aromatic carbocycles. The highest BCUT2D eigenvalue weighted by Gasteiger charge is 2.17. The molecule has 3 aromatic rings. The molecule has 0 unspecified atom stereocenters. The van der Waals surface area contributed by atoms with Crippen molar-refractivity contribution in [3.8, 4) is 0 Å². The highest BCUT2D eigenvalue weighted by atomic mass is 15.3. The lowest BCUT2D eigenvalue weighted by Gasteiger charge is -2.14. The quantitative estimate of drug-likeness (QED) is 0.661. The average Bonchev–Trinajstić information content (AvgIpc) is 3.02. The average molecular weight is 346 g/mol. The van der Waals surface area contributed by atoms with Gasteiger partial charge in [0.15, 0.2) is 5.65 Å². The number of imidazole rings is 1. The van der Waals surface area contributed by atoms with E-state index in [-0.39, 0.29) is 0 Å². The van der Waals surface area contributed by atoms with Gasteiger partial charge in [-0.25, -0.2) is 19.5 Å². The van der Waals surface area contributed by atoms with Crippen LogP contribution in [0.2, 0.25) is 0 Å². The van der Waals surface area contributed by atoms with E-state index in [4.69, 9.17) is 0 Å². The van der Waals surface area contributed by atoms with Crippen molar-refractivity contribution in [3.63, 3.8) is 0 Å². The first-order valence-electron chi connectivity index (χ1n) is 8.56. The Hall–Kier alpha value is -3.15. The maximum atomic E-state index is 4.69. The van der Waals surface area contributed by atoms with Gasteiger partial charge in [0.2, 0.25) is 0 Å². The Morgan fingerprint density at radius 3 is 2.77 bits per heavy atom. The van der Waals surface area contributed by atoms with E-state index < -0.39 is 0 Å². The molecule has 3 heterocycles. The highest BCUT2D eigenvalue weighted by Crippen LogP contribution is 2.28. The fourth-order valence-corrected chi connectivity index (χ4v) is 2.79. The van der Waals surface area contributed by atoms with Crippen molar-refractivity contribution in [1.29, 1.82) is 0 Å². The normalized spacial score (nSPS) is 12.2. The van der Waals surface area contributed by atoms with Crippen molar-refractivity contribution >= 4 is 23.0 Å². The fourth-order valence-electron chi connectivity index (χ4n) is 2.79. The molecule has 26 heavy (non-hydrogen) atoms. The van der Waals surface area contributed by atoms with Gasteiger partial charge in [-0.05, 0) is 39.8 Å². The molecule has 0 bridgehead atoms. The summed E-state index contributed by atoms with van der Waals surface area (Å²) in [5.41, 5.74) is 6.81. The third-order valence-corrected chi connectivity index (χ3v) is 4.18. The monoisotopic (exact) mass is 346 g/mol. The highest BCUT2D eigenvalue weighted by molar-refractivity contribution is 6.11. The maximum Gasteiger partial charge on any atom is 0.153 e. The van der Waals surface area contributed by atoms with Gasteiger partial charge in [0.1, 0.15) is 6.33 Å². The molecule has 0 spiro atoms. The molecule has 0 aliphatic heterocycles. The van der Waals surface area contributed by atoms with Crippen LogP contribution in [0.4, 0.5) is 0 Å². The Balaban J connectivity index is 2.14. The summed E-state index contributed by atoms with van der Waals surface area (Å²) in [7, 11) is 0. The smallest absolute Gasteiger partial charge is 0.153 e. The van der Waals surface area contributed by atoms with Crippen molar-refractivity contribution in [2.75, 3.05) is 6.54 Å². The van der Waals surface area contributed by atoms with Gasteiger partial charge in [-0.2, -0.15) is 5.10 Å². The van der Waals surface area contributed by atoms with E-state index in [0.717, 1.165) is 51.7 Å². The standard InChI is InChI=1S/C20H22N6/c1-6-16(11-21-7-2)20-19(15(5)23-12-24-20)14(4)17-8-9-18-22-10-13(3)26(18)25-17/h6,8-12H,4,7H2,1-3,5H3/b16-6+,21-11?. The number of hydrogen-bond donors (Lipinski definition) is 0. The topological polar surface area (TPSA) is 68.3 Å². The molecule has 0 saturated carbocycles. The minimum Gasteiger partial charge on any atom is -0.293 e. The van der Waals surface area contributed by atoms with Crippen LogP contribution in [-0.2, 0) is 0 Å². The minimum absolute atomic E-state index is 0.718. The van der Waals surface area contributed by atoms with Gasteiger partial charge in [-0.3, -0.25) is 4.99 Å². The van der Waals surface area contributed by atoms with Crippen molar-refractivity contribution in [3.05, 3.63) is 65.7 Å². The molecule has 6 nitrogen and oxygen atoms in total. The van der Waals surface area contributed by atoms with Gasteiger partial charge < -0.3 is 0 Å². The fraction of sp³-hybridized carbons (Fsp3) is 0.250. The number of aromatic nitrogens is 5. The van der Waals surface area contributed by atoms with Gasteiger partial charge in [0, 0.05) is 35.2 Å². The molecular formula is C20H22N6. The molecule has 0 atom stereocenters. The molecule has 0 aliphatic carbocycles. The summed E-state index contributed by atoms with van der Waals surface area (Å²) in [6, 6.07) is 3.87. The Bertz CT molecular complexity index is 1030. The van der Waals surface area contributed by atoms with Gasteiger partial charge in [0.25, 0.3) is 0 Å². The molecule has 132 valence electrons. The van der Waals surface area contributed by atoms with E-state index in [1.54, 1.807) is 12.5 Å². The molecule has 6 heteroatoms. The summed E-state index contributed by atoms with van der Waals surface area (Å²) in [4.78, 5) is 17.5. The predicted octanol–water partition coefficient (Wildman–Crippen LogP) is 3.69. The van der Waals surface area contributed by atoms with Crippen LogP contribution in [-0.4, -0.2) is 37.3 Å². The van der Waals surface area contributed by atoms with Crippen LogP contribution in [0.25, 0.3) is 16.8 Å². The zero-order valence-electron chi connectivity index (χ0n) is 15.6. The summed E-state index contributed by atoms with van der Waals surface area (Å²) in [5.74, 6) is 0. The Morgan fingerprint density at radius 1 is 1.23 bits per heavy atom. The number of fused-ring (bicyclic) bond motifs is 1. The van der Waals surface area contributed by atoms with E-state index in [1.807, 2.05) is 56.6 Å². The molecule has 0 fully saturated rings. The molecule has 0 amide bonds. The molecule has 3 aromatic heterocycles. The van der Waals surface area contributed by atoms with Crippen molar-refractivity contribution < 1.29 is 0 Å². The summed E-state index contributed by atoms with van der Waals surface area (Å²) in [6.07, 6.45) is 7.21. The SMILES string of the molecule is C=C(c1ccc2ncc(C)n2n1)c1c(C)ncnc1/C(C=NCC)=C/C. The van der Waals surface area contributed by atoms with E-state index in [9.17, 15) is 0 Å². The zero-order valence-corrected chi connectivity index (χ0v) is 15.6. The van der Waals surface area contributed by atoms with E-state index in [2.05, 4.69) is 31.6 Å². The second-order valence-electron chi connectivity index (χ2n) is 5.92. The second-order valence-corrected chi connectivity index (χ2v) is 5.92. The van der Waals surface area contributed by atoms with Crippen LogP contribution < -0.4 is 0 Å². The number of aliphatic imine (C=N–C) groups is 1. The number of hydrogen-bond acceptors (Lipinski definition) is 5. The van der Waals surface area contributed by atoms with Gasteiger partial charge in [-0.15, -0.1) is 0 Å². The molecule has 0 radical (unpaired) electrons. The number of aryl methyl sites for hydroxylation is 2. The first-order valence-corrected chi connectivity index (χ1v) is 8.56. The third-order valence-electron chi connectivity index (χ3n) is 4.18. The summed E-state index contributed by atoms with van der Waals surface area (Å²) < 4.78 is 1.81. The van der Waals surface area contributed by atoms with Gasteiger partial charge in [0.05, 0.1) is 23.3 Å². The van der Waals surface area contributed by atoms with Crippen LogP contribution in [0.5, 0.6) is 0 Å². The second kappa shape index (κ2) is 7.39. The van der Waals surface area contributed by atoms with Crippen molar-refractivity contribution in [1.82, 2.24) is 24.6 Å². The largest absolute Gasteiger partial charge is 0.293 e. The Labute approximate surface area is 153 Å². The van der Waals surface area contributed by atoms with Crippen LogP contribution in [0.3, 0.4) is 0 Å². The zero-order chi connectivity index (χ0) is 18.7. The number of rotatable bonds is 5.